The second-order valence-electron chi connectivity index (χ2n) is 6.85. The average molecular weight is 412 g/mol. The first-order chi connectivity index (χ1) is 14.4. The zero-order chi connectivity index (χ0) is 22.1. The lowest BCUT2D eigenvalue weighted by Gasteiger charge is -2.17. The Balaban J connectivity index is 2.14. The number of ether oxygens (including phenoxy) is 3. The molecule has 1 amide bonds. The van der Waals surface area contributed by atoms with Crippen LogP contribution in [-0.2, 0) is 14.3 Å². The smallest absolute Gasteiger partial charge is 0.266 e. The second kappa shape index (κ2) is 11.1. The fourth-order valence-electron chi connectivity index (χ4n) is 3.21. The van der Waals surface area contributed by atoms with E-state index < -0.39 is 5.91 Å². The van der Waals surface area contributed by atoms with Gasteiger partial charge in [-0.15, -0.1) is 0 Å². The predicted octanol–water partition coefficient (Wildman–Crippen LogP) is 3.28. The van der Waals surface area contributed by atoms with Crippen molar-refractivity contribution >= 4 is 17.7 Å². The molecule has 160 valence electrons. The minimum Gasteiger partial charge on any atom is -0.475 e. The van der Waals surface area contributed by atoms with E-state index in [1.54, 1.807) is 32.4 Å². The Labute approximate surface area is 177 Å². The molecule has 1 N–H and O–H groups in total. The molecule has 0 radical (unpaired) electrons. The van der Waals surface area contributed by atoms with Gasteiger partial charge < -0.3 is 24.1 Å². The van der Waals surface area contributed by atoms with Crippen molar-refractivity contribution in [1.82, 2.24) is 9.55 Å². The minimum absolute atomic E-state index is 0.00932. The fourth-order valence-corrected chi connectivity index (χ4v) is 3.21. The predicted molar refractivity (Wildman–Crippen MR) is 114 cm³/mol. The molecule has 0 bridgehead atoms. The third-order valence-electron chi connectivity index (χ3n) is 4.57. The number of aromatic nitrogens is 2. The van der Waals surface area contributed by atoms with Gasteiger partial charge in [0.25, 0.3) is 5.91 Å². The van der Waals surface area contributed by atoms with Crippen LogP contribution in [0.2, 0.25) is 0 Å². The molecule has 0 spiro atoms. The first-order valence-electron chi connectivity index (χ1n) is 9.59. The molecule has 2 rings (SSSR count). The standard InChI is InChI=1S/C22H28N4O4/c1-15-10-18(17(3)26(15)16(2)14-29-5)11-19(12-23)22(27)25-20-6-7-21(24-13-20)30-9-8-28-4/h6-7,10-11,13,16H,8-9,14H2,1-5H3,(H,25,27)/b19-11-. The van der Waals surface area contributed by atoms with Gasteiger partial charge in [-0.1, -0.05) is 0 Å². The topological polar surface area (TPSA) is 98.4 Å². The van der Waals surface area contributed by atoms with Crippen LogP contribution in [0.1, 0.15) is 29.9 Å². The van der Waals surface area contributed by atoms with Gasteiger partial charge in [0.2, 0.25) is 5.88 Å². The number of rotatable bonds is 10. The molecule has 0 aliphatic carbocycles. The van der Waals surface area contributed by atoms with E-state index in [1.165, 1.54) is 6.20 Å². The highest BCUT2D eigenvalue weighted by molar-refractivity contribution is 6.09. The van der Waals surface area contributed by atoms with Gasteiger partial charge in [0.1, 0.15) is 18.2 Å². The highest BCUT2D eigenvalue weighted by Gasteiger charge is 2.16. The van der Waals surface area contributed by atoms with Crippen LogP contribution < -0.4 is 10.1 Å². The summed E-state index contributed by atoms with van der Waals surface area (Å²) < 4.78 is 17.7. The van der Waals surface area contributed by atoms with E-state index >= 15 is 0 Å². The number of amides is 1. The molecule has 2 aromatic rings. The van der Waals surface area contributed by atoms with Crippen LogP contribution in [0.5, 0.6) is 5.88 Å². The first kappa shape index (κ1) is 23.1. The molecule has 1 atom stereocenters. The number of pyridine rings is 1. The lowest BCUT2D eigenvalue weighted by Crippen LogP contribution is -2.14. The van der Waals surface area contributed by atoms with Gasteiger partial charge in [-0.05, 0) is 44.5 Å². The number of anilines is 1. The van der Waals surface area contributed by atoms with Crippen LogP contribution in [0.4, 0.5) is 5.69 Å². The van der Waals surface area contributed by atoms with Crippen molar-refractivity contribution in [3.63, 3.8) is 0 Å². The van der Waals surface area contributed by atoms with Crippen LogP contribution in [0.3, 0.4) is 0 Å². The quantitative estimate of drug-likeness (QED) is 0.365. The van der Waals surface area contributed by atoms with Crippen molar-refractivity contribution in [3.8, 4) is 11.9 Å². The van der Waals surface area contributed by atoms with E-state index in [0.717, 1.165) is 17.0 Å². The lowest BCUT2D eigenvalue weighted by molar-refractivity contribution is -0.112. The Kier molecular flexibility index (Phi) is 8.59. The molecular formula is C22H28N4O4. The molecule has 0 aliphatic heterocycles. The van der Waals surface area contributed by atoms with Crippen molar-refractivity contribution < 1.29 is 19.0 Å². The third-order valence-corrected chi connectivity index (χ3v) is 4.57. The molecule has 2 aromatic heterocycles. The molecule has 30 heavy (non-hydrogen) atoms. The molecule has 2 heterocycles. The Morgan fingerprint density at radius 2 is 2.07 bits per heavy atom. The Bertz CT molecular complexity index is 926. The third kappa shape index (κ3) is 5.92. The van der Waals surface area contributed by atoms with Gasteiger partial charge in [0.15, 0.2) is 0 Å². The maximum Gasteiger partial charge on any atom is 0.266 e. The number of hydrogen-bond donors (Lipinski definition) is 1. The Morgan fingerprint density at radius 3 is 2.67 bits per heavy atom. The summed E-state index contributed by atoms with van der Waals surface area (Å²) in [6, 6.07) is 7.40. The second-order valence-corrected chi connectivity index (χ2v) is 6.85. The maximum absolute atomic E-state index is 12.6. The summed E-state index contributed by atoms with van der Waals surface area (Å²) in [5, 5.41) is 12.2. The van der Waals surface area contributed by atoms with Crippen LogP contribution in [0, 0.1) is 25.2 Å². The number of nitrogens with zero attached hydrogens (tertiary/aromatic N) is 3. The summed E-state index contributed by atoms with van der Waals surface area (Å²) in [5.74, 6) is -0.0687. The summed E-state index contributed by atoms with van der Waals surface area (Å²) in [6.07, 6.45) is 3.08. The normalized spacial score (nSPS) is 12.3. The summed E-state index contributed by atoms with van der Waals surface area (Å²) in [7, 11) is 3.25. The van der Waals surface area contributed by atoms with E-state index in [1.807, 2.05) is 26.0 Å². The number of carbonyl (C=O) groups is 1. The summed E-state index contributed by atoms with van der Waals surface area (Å²) >= 11 is 0. The van der Waals surface area contributed by atoms with Crippen molar-refractivity contribution in [3.05, 3.63) is 46.9 Å². The highest BCUT2D eigenvalue weighted by Crippen LogP contribution is 2.23. The average Bonchev–Trinajstić information content (AvgIpc) is 3.00. The zero-order valence-corrected chi connectivity index (χ0v) is 18.1. The van der Waals surface area contributed by atoms with Crippen molar-refractivity contribution in [2.45, 2.75) is 26.8 Å². The van der Waals surface area contributed by atoms with Crippen molar-refractivity contribution in [2.75, 3.05) is 39.4 Å². The molecule has 0 saturated carbocycles. The van der Waals surface area contributed by atoms with Gasteiger partial charge >= 0.3 is 0 Å². The van der Waals surface area contributed by atoms with Crippen LogP contribution in [-0.4, -0.2) is 49.5 Å². The van der Waals surface area contributed by atoms with E-state index in [2.05, 4.69) is 21.8 Å². The SMILES string of the molecule is COCCOc1ccc(NC(=O)/C(C#N)=C\c2cc(C)n(C(C)COC)c2C)cn1. The fraction of sp³-hybridized carbons (Fsp3) is 0.409. The van der Waals surface area contributed by atoms with Gasteiger partial charge in [-0.25, -0.2) is 4.98 Å². The number of carbonyl (C=O) groups excluding carboxylic acids is 1. The van der Waals surface area contributed by atoms with Gasteiger partial charge in [0.05, 0.1) is 31.1 Å². The van der Waals surface area contributed by atoms with Gasteiger partial charge in [-0.3, -0.25) is 4.79 Å². The molecule has 0 aliphatic rings. The van der Waals surface area contributed by atoms with E-state index in [9.17, 15) is 10.1 Å². The van der Waals surface area contributed by atoms with E-state index in [-0.39, 0.29) is 11.6 Å². The number of nitriles is 1. The maximum atomic E-state index is 12.6. The van der Waals surface area contributed by atoms with Gasteiger partial charge in [0, 0.05) is 31.7 Å². The van der Waals surface area contributed by atoms with Crippen molar-refractivity contribution in [2.24, 2.45) is 0 Å². The molecule has 8 nitrogen and oxygen atoms in total. The molecule has 0 saturated heterocycles. The monoisotopic (exact) mass is 412 g/mol. The van der Waals surface area contributed by atoms with Gasteiger partial charge in [-0.2, -0.15) is 5.26 Å². The van der Waals surface area contributed by atoms with Crippen LogP contribution in [0.15, 0.2) is 30.0 Å². The number of nitrogens with one attached hydrogen (secondary N) is 1. The minimum atomic E-state index is -0.498. The molecule has 0 aromatic carbocycles. The zero-order valence-electron chi connectivity index (χ0n) is 18.1. The van der Waals surface area contributed by atoms with E-state index in [0.29, 0.717) is 31.4 Å². The van der Waals surface area contributed by atoms with Crippen LogP contribution >= 0.6 is 0 Å². The largest absolute Gasteiger partial charge is 0.475 e. The Morgan fingerprint density at radius 1 is 1.30 bits per heavy atom. The number of hydrogen-bond acceptors (Lipinski definition) is 6. The molecule has 1 unspecified atom stereocenters. The summed E-state index contributed by atoms with van der Waals surface area (Å²) in [4.78, 5) is 16.7. The van der Waals surface area contributed by atoms with Crippen molar-refractivity contribution in [1.29, 1.82) is 5.26 Å². The highest BCUT2D eigenvalue weighted by atomic mass is 16.5. The van der Waals surface area contributed by atoms with E-state index in [4.69, 9.17) is 14.2 Å². The van der Waals surface area contributed by atoms with Crippen LogP contribution in [0.25, 0.3) is 6.08 Å². The molecule has 0 fully saturated rings. The number of methoxy groups -OCH3 is 2. The number of aryl methyl sites for hydroxylation is 1. The summed E-state index contributed by atoms with van der Waals surface area (Å²) in [5.41, 5.74) is 3.31. The lowest BCUT2D eigenvalue weighted by atomic mass is 10.1. The Hall–Kier alpha value is -3.15. The molecule has 8 heteroatoms. The summed E-state index contributed by atoms with van der Waals surface area (Å²) in [6.45, 7) is 7.43. The first-order valence-corrected chi connectivity index (χ1v) is 9.59. The molecular weight excluding hydrogens is 384 g/mol.